The molecule has 198 valence electrons. The standard InChI is InChI=1S/C24H30O10S2/c25-19(5-9-35-13-1-3-15-17(11-13)23(29)33-21(15)27)31-7-8-32-20(26)6-10-36-14-2-4-16-18(12-14)24(30)34-22(16)28/h13-18H,1-12H2. The minimum absolute atomic E-state index is 0.00858. The lowest BCUT2D eigenvalue weighted by molar-refractivity contribution is -0.155. The van der Waals surface area contributed by atoms with Crippen molar-refractivity contribution in [3.8, 4) is 0 Å². The third-order valence-electron chi connectivity index (χ3n) is 7.15. The van der Waals surface area contributed by atoms with Crippen LogP contribution in [0.3, 0.4) is 0 Å². The van der Waals surface area contributed by atoms with Crippen molar-refractivity contribution in [3.63, 3.8) is 0 Å². The second-order valence-corrected chi connectivity index (χ2v) is 12.3. The summed E-state index contributed by atoms with van der Waals surface area (Å²) in [6.45, 7) is -0.0172. The van der Waals surface area contributed by atoms with Crippen LogP contribution in [0.5, 0.6) is 0 Å². The first kappa shape index (κ1) is 27.0. The van der Waals surface area contributed by atoms with Gasteiger partial charge in [-0.25, -0.2) is 0 Å². The molecule has 0 aromatic rings. The average Bonchev–Trinajstić information content (AvgIpc) is 3.30. The largest absolute Gasteiger partial charge is 0.462 e. The number of cyclic esters (lactones) is 4. The molecule has 0 N–H and O–H groups in total. The van der Waals surface area contributed by atoms with Crippen LogP contribution < -0.4 is 0 Å². The molecule has 0 spiro atoms. The minimum Gasteiger partial charge on any atom is -0.462 e. The fraction of sp³-hybridized carbons (Fsp3) is 0.750. The molecule has 0 aromatic carbocycles. The number of carbonyl (C=O) groups is 6. The number of thioether (sulfide) groups is 2. The van der Waals surface area contributed by atoms with Crippen LogP contribution in [-0.4, -0.2) is 71.0 Å². The summed E-state index contributed by atoms with van der Waals surface area (Å²) < 4.78 is 19.7. The highest BCUT2D eigenvalue weighted by molar-refractivity contribution is 8.00. The van der Waals surface area contributed by atoms with Crippen LogP contribution in [0.4, 0.5) is 0 Å². The van der Waals surface area contributed by atoms with E-state index in [2.05, 4.69) is 0 Å². The van der Waals surface area contributed by atoms with E-state index in [1.54, 1.807) is 23.5 Å². The maximum absolute atomic E-state index is 11.9. The normalized spacial score (nSPS) is 31.3. The number of esters is 6. The summed E-state index contributed by atoms with van der Waals surface area (Å²) in [7, 11) is 0. The fourth-order valence-corrected chi connectivity index (χ4v) is 7.75. The van der Waals surface area contributed by atoms with E-state index in [4.69, 9.17) is 18.9 Å². The number of hydrogen-bond acceptors (Lipinski definition) is 12. The number of ether oxygens (including phenoxy) is 4. The molecule has 36 heavy (non-hydrogen) atoms. The molecule has 4 fully saturated rings. The lowest BCUT2D eigenvalue weighted by atomic mass is 9.81. The lowest BCUT2D eigenvalue weighted by Crippen LogP contribution is -2.28. The summed E-state index contributed by atoms with van der Waals surface area (Å²) in [6, 6.07) is 0. The van der Waals surface area contributed by atoms with Gasteiger partial charge in [0.05, 0.1) is 36.5 Å². The van der Waals surface area contributed by atoms with Crippen LogP contribution >= 0.6 is 23.5 Å². The Bertz CT molecular complexity index is 833. The van der Waals surface area contributed by atoms with Crippen LogP contribution in [0.25, 0.3) is 0 Å². The van der Waals surface area contributed by atoms with Crippen molar-refractivity contribution in [1.82, 2.24) is 0 Å². The van der Waals surface area contributed by atoms with E-state index >= 15 is 0 Å². The molecule has 6 atom stereocenters. The molecular formula is C24H30O10S2. The predicted octanol–water partition coefficient (Wildman–Crippen LogP) is 2.06. The zero-order chi connectivity index (χ0) is 25.7. The van der Waals surface area contributed by atoms with Gasteiger partial charge in [0.25, 0.3) is 0 Å². The molecule has 2 aliphatic carbocycles. The van der Waals surface area contributed by atoms with Crippen LogP contribution in [0.1, 0.15) is 51.4 Å². The Morgan fingerprint density at radius 3 is 1.44 bits per heavy atom. The van der Waals surface area contributed by atoms with Gasteiger partial charge in [-0.2, -0.15) is 23.5 Å². The second kappa shape index (κ2) is 12.4. The van der Waals surface area contributed by atoms with Gasteiger partial charge in [-0.05, 0) is 38.5 Å². The monoisotopic (exact) mass is 542 g/mol. The first-order valence-electron chi connectivity index (χ1n) is 12.4. The van der Waals surface area contributed by atoms with Gasteiger partial charge < -0.3 is 18.9 Å². The van der Waals surface area contributed by atoms with Crippen LogP contribution in [0, 0.1) is 23.7 Å². The first-order valence-corrected chi connectivity index (χ1v) is 14.5. The predicted molar refractivity (Wildman–Crippen MR) is 128 cm³/mol. The number of rotatable bonds is 11. The molecule has 2 saturated heterocycles. The quantitative estimate of drug-likeness (QED) is 0.163. The number of carbonyl (C=O) groups excluding carboxylic acids is 6. The molecule has 4 rings (SSSR count). The van der Waals surface area contributed by atoms with Crippen LogP contribution in [0.2, 0.25) is 0 Å². The second-order valence-electron chi connectivity index (χ2n) is 9.46. The molecular weight excluding hydrogens is 512 g/mol. The molecule has 12 heteroatoms. The fourth-order valence-electron chi connectivity index (χ4n) is 5.23. The number of hydrogen-bond donors (Lipinski definition) is 0. The number of fused-ring (bicyclic) bond motifs is 2. The molecule has 2 heterocycles. The summed E-state index contributed by atoms with van der Waals surface area (Å²) in [4.78, 5) is 70.5. The van der Waals surface area contributed by atoms with Gasteiger partial charge >= 0.3 is 35.8 Å². The van der Waals surface area contributed by atoms with E-state index < -0.39 is 23.9 Å². The van der Waals surface area contributed by atoms with Crippen molar-refractivity contribution in [2.75, 3.05) is 24.7 Å². The van der Waals surface area contributed by atoms with Crippen LogP contribution in [-0.2, 0) is 47.7 Å². The zero-order valence-corrected chi connectivity index (χ0v) is 21.5. The molecule has 6 unspecified atom stereocenters. The Labute approximate surface area is 217 Å². The highest BCUT2D eigenvalue weighted by Gasteiger charge is 2.48. The lowest BCUT2D eigenvalue weighted by Gasteiger charge is -2.27. The average molecular weight is 543 g/mol. The van der Waals surface area contributed by atoms with Crippen molar-refractivity contribution < 1.29 is 47.7 Å². The highest BCUT2D eigenvalue weighted by atomic mass is 32.2. The van der Waals surface area contributed by atoms with E-state index in [-0.39, 0.29) is 72.2 Å². The third-order valence-corrected chi connectivity index (χ3v) is 9.83. The molecule has 0 aromatic heterocycles. The van der Waals surface area contributed by atoms with E-state index in [0.717, 1.165) is 12.8 Å². The van der Waals surface area contributed by atoms with Gasteiger partial charge in [-0.15, -0.1) is 0 Å². The first-order chi connectivity index (χ1) is 17.3. The topological polar surface area (TPSA) is 139 Å². The molecule has 0 bridgehead atoms. The SMILES string of the molecule is O=C(CCSC1CCC2C(=O)OC(=O)C2C1)OCCOC(=O)CCSC1CCC2C(=O)OC(=O)C2C1. The Morgan fingerprint density at radius 1 is 0.639 bits per heavy atom. The van der Waals surface area contributed by atoms with Gasteiger partial charge in [0.2, 0.25) is 0 Å². The molecule has 2 saturated carbocycles. The summed E-state index contributed by atoms with van der Waals surface area (Å²) in [6.07, 6.45) is 4.51. The smallest absolute Gasteiger partial charge is 0.317 e. The summed E-state index contributed by atoms with van der Waals surface area (Å²) >= 11 is 3.20. The van der Waals surface area contributed by atoms with Gasteiger partial charge in [0, 0.05) is 22.0 Å². The minimum atomic E-state index is -0.427. The summed E-state index contributed by atoms with van der Waals surface area (Å²) in [5.41, 5.74) is 0. The van der Waals surface area contributed by atoms with Gasteiger partial charge in [0.1, 0.15) is 13.2 Å². The molecule has 4 aliphatic rings. The van der Waals surface area contributed by atoms with Crippen LogP contribution in [0.15, 0.2) is 0 Å². The van der Waals surface area contributed by atoms with Gasteiger partial charge in [-0.1, -0.05) is 0 Å². The van der Waals surface area contributed by atoms with E-state index in [9.17, 15) is 28.8 Å². The van der Waals surface area contributed by atoms with Crippen molar-refractivity contribution in [2.45, 2.75) is 61.9 Å². The summed E-state index contributed by atoms with van der Waals surface area (Å²) in [5, 5.41) is 0.418. The van der Waals surface area contributed by atoms with Gasteiger partial charge in [-0.3, -0.25) is 28.8 Å². The molecule has 0 amide bonds. The Morgan fingerprint density at radius 2 is 1.03 bits per heavy atom. The van der Waals surface area contributed by atoms with E-state index in [1.807, 2.05) is 0 Å². The Kier molecular flexibility index (Phi) is 9.32. The van der Waals surface area contributed by atoms with Crippen molar-refractivity contribution in [1.29, 1.82) is 0 Å². The maximum atomic E-state index is 11.9. The molecule has 10 nitrogen and oxygen atoms in total. The Balaban J connectivity index is 0.999. The highest BCUT2D eigenvalue weighted by Crippen LogP contribution is 2.42. The van der Waals surface area contributed by atoms with Gasteiger partial charge in [0.15, 0.2) is 0 Å². The van der Waals surface area contributed by atoms with Crippen molar-refractivity contribution in [3.05, 3.63) is 0 Å². The Hall–Kier alpha value is -2.08. The van der Waals surface area contributed by atoms with E-state index in [0.29, 0.717) is 37.2 Å². The van der Waals surface area contributed by atoms with Crippen molar-refractivity contribution >= 4 is 59.3 Å². The van der Waals surface area contributed by atoms with E-state index in [1.165, 1.54) is 0 Å². The third kappa shape index (κ3) is 6.81. The zero-order valence-electron chi connectivity index (χ0n) is 19.8. The molecule has 2 aliphatic heterocycles. The van der Waals surface area contributed by atoms with Crippen molar-refractivity contribution in [2.24, 2.45) is 23.7 Å². The molecule has 0 radical (unpaired) electrons. The summed E-state index contributed by atoms with van der Waals surface area (Å²) in [5.74, 6) is -2.64. The maximum Gasteiger partial charge on any atom is 0.317 e.